The van der Waals surface area contributed by atoms with Crippen LogP contribution in [0.25, 0.3) is 0 Å². The van der Waals surface area contributed by atoms with E-state index in [4.69, 9.17) is 5.73 Å². The minimum Gasteiger partial charge on any atom is -0.354 e. The van der Waals surface area contributed by atoms with Gasteiger partial charge in [0.1, 0.15) is 0 Å². The summed E-state index contributed by atoms with van der Waals surface area (Å²) < 4.78 is 0. The first-order valence-electron chi connectivity index (χ1n) is 7.95. The predicted molar refractivity (Wildman–Crippen MR) is 93.2 cm³/mol. The number of carbonyl (C=O) groups excluding carboxylic acids is 1. The minimum atomic E-state index is 0. The van der Waals surface area contributed by atoms with E-state index in [1.54, 1.807) is 0 Å². The fraction of sp³-hybridized carbons (Fsp3) is 0.588. The zero-order valence-corrected chi connectivity index (χ0v) is 14.2. The van der Waals surface area contributed by atoms with E-state index in [0.717, 1.165) is 26.1 Å². The molecular formula is C17H28ClN3O. The van der Waals surface area contributed by atoms with Crippen LogP contribution in [0.5, 0.6) is 0 Å². The Kier molecular flexibility index (Phi) is 8.46. The van der Waals surface area contributed by atoms with Crippen molar-refractivity contribution in [1.29, 1.82) is 0 Å². The van der Waals surface area contributed by atoms with E-state index in [0.29, 0.717) is 19.0 Å². The summed E-state index contributed by atoms with van der Waals surface area (Å²) in [6.07, 6.45) is 4.08. The zero-order valence-electron chi connectivity index (χ0n) is 13.4. The number of hydrogen-bond donors (Lipinski definition) is 2. The highest BCUT2D eigenvalue weighted by Crippen LogP contribution is 2.19. The van der Waals surface area contributed by atoms with Gasteiger partial charge in [-0.1, -0.05) is 36.2 Å². The molecule has 0 radical (unpaired) electrons. The third-order valence-corrected chi connectivity index (χ3v) is 4.16. The first-order valence-corrected chi connectivity index (χ1v) is 7.95. The quantitative estimate of drug-likeness (QED) is 0.843. The number of nitrogens with two attached hydrogens (primary N) is 1. The number of likely N-dealkylation sites (tertiary alicyclic amines) is 1. The van der Waals surface area contributed by atoms with Crippen molar-refractivity contribution in [2.45, 2.75) is 45.2 Å². The van der Waals surface area contributed by atoms with Gasteiger partial charge in [-0.3, -0.25) is 9.69 Å². The number of amides is 1. The highest BCUT2D eigenvalue weighted by Gasteiger charge is 2.22. The zero-order chi connectivity index (χ0) is 15.1. The Bertz CT molecular complexity index is 450. The first kappa shape index (κ1) is 18.9. The summed E-state index contributed by atoms with van der Waals surface area (Å²) in [6.45, 7) is 5.36. The monoisotopic (exact) mass is 325 g/mol. The predicted octanol–water partition coefficient (Wildman–Crippen LogP) is 2.24. The second-order valence-electron chi connectivity index (χ2n) is 5.95. The molecule has 1 aliphatic rings. The van der Waals surface area contributed by atoms with Crippen LogP contribution in [-0.4, -0.2) is 36.5 Å². The van der Waals surface area contributed by atoms with Crippen molar-refractivity contribution in [2.75, 3.05) is 19.6 Å². The minimum absolute atomic E-state index is 0. The van der Waals surface area contributed by atoms with Crippen LogP contribution in [-0.2, 0) is 11.3 Å². The molecule has 22 heavy (non-hydrogen) atoms. The van der Waals surface area contributed by atoms with Gasteiger partial charge in [0.25, 0.3) is 0 Å². The van der Waals surface area contributed by atoms with Gasteiger partial charge in [-0.05, 0) is 31.9 Å². The van der Waals surface area contributed by atoms with Crippen LogP contribution in [0.1, 0.15) is 36.8 Å². The van der Waals surface area contributed by atoms with E-state index in [1.807, 2.05) is 0 Å². The lowest BCUT2D eigenvalue weighted by atomic mass is 10.0. The number of aryl methyl sites for hydroxylation is 1. The molecule has 1 aromatic carbocycles. The van der Waals surface area contributed by atoms with Gasteiger partial charge in [0.05, 0.1) is 0 Å². The average Bonchev–Trinajstić information content (AvgIpc) is 2.49. The van der Waals surface area contributed by atoms with Crippen LogP contribution < -0.4 is 11.1 Å². The topological polar surface area (TPSA) is 58.4 Å². The number of nitrogens with one attached hydrogen (secondary N) is 1. The summed E-state index contributed by atoms with van der Waals surface area (Å²) in [6, 6.07) is 9.18. The summed E-state index contributed by atoms with van der Waals surface area (Å²) in [4.78, 5) is 14.1. The molecule has 1 atom stereocenters. The van der Waals surface area contributed by atoms with E-state index in [1.165, 1.54) is 24.0 Å². The Morgan fingerprint density at radius 1 is 1.32 bits per heavy atom. The van der Waals surface area contributed by atoms with E-state index < -0.39 is 0 Å². The van der Waals surface area contributed by atoms with Gasteiger partial charge >= 0.3 is 0 Å². The molecule has 3 N–H and O–H groups in total. The molecule has 2 rings (SSSR count). The van der Waals surface area contributed by atoms with Crippen molar-refractivity contribution in [2.24, 2.45) is 5.73 Å². The molecule has 0 aliphatic carbocycles. The van der Waals surface area contributed by atoms with Gasteiger partial charge < -0.3 is 11.1 Å². The molecule has 1 aliphatic heterocycles. The van der Waals surface area contributed by atoms with Gasteiger partial charge in [-0.2, -0.15) is 0 Å². The van der Waals surface area contributed by atoms with Crippen molar-refractivity contribution >= 4 is 18.3 Å². The molecule has 5 heteroatoms. The van der Waals surface area contributed by atoms with Crippen LogP contribution in [0.4, 0.5) is 0 Å². The Morgan fingerprint density at radius 3 is 2.73 bits per heavy atom. The smallest absolute Gasteiger partial charge is 0.221 e. The van der Waals surface area contributed by atoms with Gasteiger partial charge in [0.2, 0.25) is 5.91 Å². The second kappa shape index (κ2) is 9.82. The first-order chi connectivity index (χ1) is 10.2. The maximum atomic E-state index is 11.6. The second-order valence-corrected chi connectivity index (χ2v) is 5.95. The largest absolute Gasteiger partial charge is 0.354 e. The Morgan fingerprint density at radius 2 is 2.05 bits per heavy atom. The lowest BCUT2D eigenvalue weighted by molar-refractivity contribution is -0.121. The molecule has 0 aromatic heterocycles. The van der Waals surface area contributed by atoms with Gasteiger partial charge in [0.15, 0.2) is 0 Å². The van der Waals surface area contributed by atoms with Crippen molar-refractivity contribution in [3.8, 4) is 0 Å². The van der Waals surface area contributed by atoms with Crippen molar-refractivity contribution in [3.05, 3.63) is 35.4 Å². The highest BCUT2D eigenvalue weighted by atomic mass is 35.5. The molecule has 124 valence electrons. The standard InChI is InChI=1S/C17H27N3O.ClH/c1-14-5-7-15(8-6-14)13-20-11-3-2-4-16(20)12-19-17(21)9-10-18;/h5-8,16H,2-4,9-13,18H2,1H3,(H,19,21);1H. The molecule has 1 amide bonds. The van der Waals surface area contributed by atoms with Crippen LogP contribution in [0.2, 0.25) is 0 Å². The SMILES string of the molecule is Cc1ccc(CN2CCCCC2CNC(=O)CCN)cc1.Cl. The fourth-order valence-corrected chi connectivity index (χ4v) is 2.88. The number of carbonyl (C=O) groups is 1. The number of halogens is 1. The number of hydrogen-bond acceptors (Lipinski definition) is 3. The molecule has 0 spiro atoms. The van der Waals surface area contributed by atoms with Crippen molar-refractivity contribution in [1.82, 2.24) is 10.2 Å². The number of rotatable bonds is 6. The molecule has 4 nitrogen and oxygen atoms in total. The summed E-state index contributed by atoms with van der Waals surface area (Å²) in [5.74, 6) is 0.0679. The van der Waals surface area contributed by atoms with E-state index in [9.17, 15) is 4.79 Å². The molecule has 1 fully saturated rings. The lowest BCUT2D eigenvalue weighted by Crippen LogP contribution is -2.46. The van der Waals surface area contributed by atoms with Gasteiger partial charge in [-0.15, -0.1) is 12.4 Å². The number of nitrogens with zero attached hydrogens (tertiary/aromatic N) is 1. The summed E-state index contributed by atoms with van der Waals surface area (Å²) in [7, 11) is 0. The van der Waals surface area contributed by atoms with Crippen LogP contribution in [0.15, 0.2) is 24.3 Å². The van der Waals surface area contributed by atoms with Crippen molar-refractivity contribution in [3.63, 3.8) is 0 Å². The molecule has 0 bridgehead atoms. The van der Waals surface area contributed by atoms with E-state index in [2.05, 4.69) is 41.4 Å². The molecule has 1 saturated heterocycles. The average molecular weight is 326 g/mol. The molecule has 1 unspecified atom stereocenters. The normalized spacial score (nSPS) is 18.5. The van der Waals surface area contributed by atoms with E-state index in [-0.39, 0.29) is 18.3 Å². The summed E-state index contributed by atoms with van der Waals surface area (Å²) in [5.41, 5.74) is 8.05. The third-order valence-electron chi connectivity index (χ3n) is 4.16. The Hall–Kier alpha value is -1.10. The maximum absolute atomic E-state index is 11.6. The van der Waals surface area contributed by atoms with E-state index >= 15 is 0 Å². The summed E-state index contributed by atoms with van der Waals surface area (Å²) in [5, 5.41) is 3.02. The van der Waals surface area contributed by atoms with Crippen LogP contribution in [0.3, 0.4) is 0 Å². The molecule has 0 saturated carbocycles. The lowest BCUT2D eigenvalue weighted by Gasteiger charge is -2.36. The highest BCUT2D eigenvalue weighted by molar-refractivity contribution is 5.85. The Labute approximate surface area is 139 Å². The third kappa shape index (κ3) is 5.95. The van der Waals surface area contributed by atoms with Crippen molar-refractivity contribution < 1.29 is 4.79 Å². The molecule has 1 aromatic rings. The summed E-state index contributed by atoms with van der Waals surface area (Å²) >= 11 is 0. The van der Waals surface area contributed by atoms with Gasteiger partial charge in [-0.25, -0.2) is 0 Å². The van der Waals surface area contributed by atoms with Crippen LogP contribution in [0, 0.1) is 6.92 Å². The number of piperidine rings is 1. The fourth-order valence-electron chi connectivity index (χ4n) is 2.88. The molecule has 1 heterocycles. The van der Waals surface area contributed by atoms with Gasteiger partial charge in [0, 0.05) is 32.1 Å². The Balaban J connectivity index is 0.00000242. The van der Waals surface area contributed by atoms with Crippen LogP contribution >= 0.6 is 12.4 Å². The maximum Gasteiger partial charge on any atom is 0.221 e. The number of benzene rings is 1. The molecular weight excluding hydrogens is 298 g/mol.